The lowest BCUT2D eigenvalue weighted by Gasteiger charge is -2.12. The summed E-state index contributed by atoms with van der Waals surface area (Å²) in [6, 6.07) is 3.81. The molecule has 4 heteroatoms. The number of carbonyl (C=O) groups is 1. The molecule has 0 bridgehead atoms. The van der Waals surface area contributed by atoms with Crippen LogP contribution in [-0.2, 0) is 11.2 Å². The molecule has 0 aromatic carbocycles. The highest BCUT2D eigenvalue weighted by Gasteiger charge is 2.09. The summed E-state index contributed by atoms with van der Waals surface area (Å²) in [7, 11) is 0. The minimum absolute atomic E-state index is 0.0497. The van der Waals surface area contributed by atoms with E-state index in [0.717, 1.165) is 13.0 Å². The fourth-order valence-corrected chi connectivity index (χ4v) is 1.40. The summed E-state index contributed by atoms with van der Waals surface area (Å²) in [4.78, 5) is 15.4. The van der Waals surface area contributed by atoms with E-state index in [1.54, 1.807) is 6.20 Å². The van der Waals surface area contributed by atoms with Gasteiger partial charge in [0.1, 0.15) is 0 Å². The number of amides is 1. The van der Waals surface area contributed by atoms with Gasteiger partial charge in [-0.2, -0.15) is 0 Å². The molecule has 1 aromatic rings. The first-order chi connectivity index (χ1) is 7.74. The third kappa shape index (κ3) is 4.40. The van der Waals surface area contributed by atoms with Gasteiger partial charge in [-0.15, -0.1) is 0 Å². The Hall–Kier alpha value is -1.42. The molecular formula is C12H19N3O. The molecule has 1 heterocycles. The van der Waals surface area contributed by atoms with E-state index in [0.29, 0.717) is 6.54 Å². The van der Waals surface area contributed by atoms with Crippen LogP contribution < -0.4 is 10.6 Å². The molecule has 1 atom stereocenters. The number of nitrogens with one attached hydrogen (secondary N) is 2. The van der Waals surface area contributed by atoms with Gasteiger partial charge in [-0.1, -0.05) is 6.07 Å². The molecule has 0 saturated heterocycles. The summed E-state index contributed by atoms with van der Waals surface area (Å²) in [5.74, 6) is 0.0497. The number of rotatable bonds is 6. The van der Waals surface area contributed by atoms with Crippen LogP contribution in [0.1, 0.15) is 19.4 Å². The number of aromatic nitrogens is 1. The first-order valence-corrected chi connectivity index (χ1v) is 5.64. The van der Waals surface area contributed by atoms with Crippen LogP contribution in [-0.4, -0.2) is 30.0 Å². The highest BCUT2D eigenvalue weighted by Crippen LogP contribution is 1.95. The maximum atomic E-state index is 11.4. The maximum Gasteiger partial charge on any atom is 0.236 e. The smallest absolute Gasteiger partial charge is 0.236 e. The van der Waals surface area contributed by atoms with Gasteiger partial charge in [0, 0.05) is 18.9 Å². The van der Waals surface area contributed by atoms with Crippen LogP contribution in [0.2, 0.25) is 0 Å². The van der Waals surface area contributed by atoms with Gasteiger partial charge >= 0.3 is 0 Å². The Morgan fingerprint density at radius 2 is 2.38 bits per heavy atom. The third-order valence-corrected chi connectivity index (χ3v) is 2.33. The van der Waals surface area contributed by atoms with E-state index in [-0.39, 0.29) is 11.9 Å². The number of hydrogen-bond donors (Lipinski definition) is 2. The molecule has 0 radical (unpaired) electrons. The number of hydrogen-bond acceptors (Lipinski definition) is 3. The molecule has 2 N–H and O–H groups in total. The topological polar surface area (TPSA) is 54.0 Å². The van der Waals surface area contributed by atoms with Crippen molar-refractivity contribution in [2.45, 2.75) is 26.3 Å². The summed E-state index contributed by atoms with van der Waals surface area (Å²) in [6.45, 7) is 5.24. The molecule has 16 heavy (non-hydrogen) atoms. The second kappa shape index (κ2) is 6.95. The first-order valence-electron chi connectivity index (χ1n) is 5.64. The summed E-state index contributed by atoms with van der Waals surface area (Å²) >= 11 is 0. The average molecular weight is 221 g/mol. The van der Waals surface area contributed by atoms with E-state index in [4.69, 9.17) is 0 Å². The number of likely N-dealkylation sites (N-methyl/N-ethyl adjacent to an activating group) is 1. The zero-order chi connectivity index (χ0) is 11.8. The molecule has 88 valence electrons. The van der Waals surface area contributed by atoms with Crippen molar-refractivity contribution >= 4 is 5.91 Å². The van der Waals surface area contributed by atoms with Crippen molar-refractivity contribution in [3.05, 3.63) is 30.1 Å². The molecule has 1 rings (SSSR count). The fraction of sp³-hybridized carbons (Fsp3) is 0.500. The normalized spacial score (nSPS) is 12.1. The molecular weight excluding hydrogens is 202 g/mol. The number of pyridine rings is 1. The Balaban J connectivity index is 2.23. The van der Waals surface area contributed by atoms with Gasteiger partial charge in [-0.05, 0) is 38.4 Å². The van der Waals surface area contributed by atoms with Crippen molar-refractivity contribution in [2.24, 2.45) is 0 Å². The minimum atomic E-state index is -0.142. The molecule has 0 spiro atoms. The van der Waals surface area contributed by atoms with E-state index < -0.39 is 0 Å². The van der Waals surface area contributed by atoms with E-state index in [1.807, 2.05) is 32.2 Å². The van der Waals surface area contributed by atoms with Crippen LogP contribution in [0, 0.1) is 0 Å². The van der Waals surface area contributed by atoms with E-state index in [2.05, 4.69) is 15.6 Å². The molecule has 1 amide bonds. The van der Waals surface area contributed by atoms with Crippen molar-refractivity contribution < 1.29 is 4.79 Å². The Morgan fingerprint density at radius 3 is 3.00 bits per heavy atom. The van der Waals surface area contributed by atoms with Crippen molar-refractivity contribution in [2.75, 3.05) is 13.1 Å². The maximum absolute atomic E-state index is 11.4. The number of nitrogens with zero attached hydrogens (tertiary/aromatic N) is 1. The van der Waals surface area contributed by atoms with Crippen molar-refractivity contribution in [1.82, 2.24) is 15.6 Å². The van der Waals surface area contributed by atoms with Crippen molar-refractivity contribution in [3.8, 4) is 0 Å². The van der Waals surface area contributed by atoms with Gasteiger partial charge in [-0.25, -0.2) is 0 Å². The lowest BCUT2D eigenvalue weighted by Crippen LogP contribution is -2.42. The molecule has 4 nitrogen and oxygen atoms in total. The van der Waals surface area contributed by atoms with Crippen LogP contribution in [0.5, 0.6) is 0 Å². The van der Waals surface area contributed by atoms with Gasteiger partial charge < -0.3 is 10.6 Å². The molecule has 1 aromatic heterocycles. The van der Waals surface area contributed by atoms with Crippen molar-refractivity contribution in [1.29, 1.82) is 0 Å². The van der Waals surface area contributed by atoms with Gasteiger partial charge in [0.15, 0.2) is 0 Å². The molecule has 1 unspecified atom stereocenters. The number of carbonyl (C=O) groups excluding carboxylic acids is 1. The Morgan fingerprint density at radius 1 is 1.56 bits per heavy atom. The Kier molecular flexibility index (Phi) is 5.50. The van der Waals surface area contributed by atoms with Crippen LogP contribution in [0.3, 0.4) is 0 Å². The van der Waals surface area contributed by atoms with Gasteiger partial charge in [-0.3, -0.25) is 9.78 Å². The van der Waals surface area contributed by atoms with Gasteiger partial charge in [0.25, 0.3) is 0 Å². The second-order valence-corrected chi connectivity index (χ2v) is 3.68. The zero-order valence-electron chi connectivity index (χ0n) is 9.86. The SMILES string of the molecule is CCNC(=O)C(C)NCCc1cccnc1. The molecule has 0 aliphatic heterocycles. The molecule has 0 aliphatic carbocycles. The molecule has 0 fully saturated rings. The van der Waals surface area contributed by atoms with E-state index in [9.17, 15) is 4.79 Å². The van der Waals surface area contributed by atoms with Gasteiger partial charge in [0.2, 0.25) is 5.91 Å². The minimum Gasteiger partial charge on any atom is -0.355 e. The molecule has 0 saturated carbocycles. The summed E-state index contributed by atoms with van der Waals surface area (Å²) in [6.07, 6.45) is 4.49. The second-order valence-electron chi connectivity index (χ2n) is 3.68. The predicted molar refractivity (Wildman–Crippen MR) is 64.1 cm³/mol. The van der Waals surface area contributed by atoms with Gasteiger partial charge in [0.05, 0.1) is 6.04 Å². The van der Waals surface area contributed by atoms with Crippen LogP contribution in [0.4, 0.5) is 0 Å². The standard InChI is InChI=1S/C12H19N3O/c1-3-14-12(16)10(2)15-8-6-11-5-4-7-13-9-11/h4-5,7,9-10,15H,3,6,8H2,1-2H3,(H,14,16). The highest BCUT2D eigenvalue weighted by atomic mass is 16.2. The van der Waals surface area contributed by atoms with Crippen LogP contribution in [0.25, 0.3) is 0 Å². The third-order valence-electron chi connectivity index (χ3n) is 2.33. The summed E-state index contributed by atoms with van der Waals surface area (Å²) < 4.78 is 0. The Bertz CT molecular complexity index is 313. The first kappa shape index (κ1) is 12.6. The lowest BCUT2D eigenvalue weighted by atomic mass is 10.2. The quantitative estimate of drug-likeness (QED) is 0.745. The monoisotopic (exact) mass is 221 g/mol. The average Bonchev–Trinajstić information content (AvgIpc) is 2.30. The predicted octanol–water partition coefficient (Wildman–Crippen LogP) is 0.738. The lowest BCUT2D eigenvalue weighted by molar-refractivity contribution is -0.122. The summed E-state index contributed by atoms with van der Waals surface area (Å²) in [5.41, 5.74) is 1.18. The molecule has 0 aliphatic rings. The zero-order valence-corrected chi connectivity index (χ0v) is 9.86. The van der Waals surface area contributed by atoms with E-state index >= 15 is 0 Å². The van der Waals surface area contributed by atoms with Crippen LogP contribution in [0.15, 0.2) is 24.5 Å². The largest absolute Gasteiger partial charge is 0.355 e. The van der Waals surface area contributed by atoms with E-state index in [1.165, 1.54) is 5.56 Å². The Labute approximate surface area is 96.5 Å². The van der Waals surface area contributed by atoms with Crippen molar-refractivity contribution in [3.63, 3.8) is 0 Å². The summed E-state index contributed by atoms with van der Waals surface area (Å²) in [5, 5.41) is 5.96. The fourth-order valence-electron chi connectivity index (χ4n) is 1.40. The van der Waals surface area contributed by atoms with Crippen LogP contribution >= 0.6 is 0 Å². The highest BCUT2D eigenvalue weighted by molar-refractivity contribution is 5.81.